The molecule has 78 valence electrons. The minimum atomic E-state index is 0.202. The molecule has 2 aliphatic heterocycles. The molecule has 0 aliphatic carbocycles. The van der Waals surface area contributed by atoms with Gasteiger partial charge in [0.05, 0.1) is 0 Å². The van der Waals surface area contributed by atoms with Crippen LogP contribution in [0.1, 0.15) is 13.3 Å². The maximum atomic E-state index is 4.54. The highest BCUT2D eigenvalue weighted by Gasteiger charge is 2.26. The van der Waals surface area contributed by atoms with Crippen LogP contribution in [0, 0.1) is 0 Å². The quantitative estimate of drug-likeness (QED) is 0.587. The van der Waals surface area contributed by atoms with Gasteiger partial charge in [0.25, 0.3) is 0 Å². The van der Waals surface area contributed by atoms with Crippen LogP contribution in [0.2, 0.25) is 0 Å². The molecule has 0 aromatic rings. The van der Waals surface area contributed by atoms with Crippen LogP contribution in [0.4, 0.5) is 0 Å². The van der Waals surface area contributed by atoms with Crippen molar-refractivity contribution < 1.29 is 0 Å². The van der Waals surface area contributed by atoms with Crippen molar-refractivity contribution in [3.63, 3.8) is 0 Å². The number of nitrogens with one attached hydrogen (secondary N) is 1. The van der Waals surface area contributed by atoms with Crippen LogP contribution in [0.25, 0.3) is 0 Å². The van der Waals surface area contributed by atoms with Crippen molar-refractivity contribution in [1.82, 2.24) is 15.1 Å². The lowest BCUT2D eigenvalue weighted by Gasteiger charge is -2.38. The molecule has 5 heteroatoms. The van der Waals surface area contributed by atoms with Crippen molar-refractivity contribution >= 4 is 11.9 Å². The summed E-state index contributed by atoms with van der Waals surface area (Å²) >= 11 is 0. The Hall–Kier alpha value is -1.26. The summed E-state index contributed by atoms with van der Waals surface area (Å²) in [5.74, 6) is 1.87. The number of rotatable bonds is 0. The third-order valence-corrected chi connectivity index (χ3v) is 2.50. The van der Waals surface area contributed by atoms with E-state index in [1.165, 1.54) is 0 Å². The van der Waals surface area contributed by atoms with E-state index in [9.17, 15) is 0 Å². The molecule has 0 spiro atoms. The molecule has 0 bridgehead atoms. The van der Waals surface area contributed by atoms with Gasteiger partial charge < -0.3 is 9.80 Å². The van der Waals surface area contributed by atoms with E-state index in [1.54, 1.807) is 0 Å². The first-order chi connectivity index (χ1) is 6.68. The number of hydrogen-bond acceptors (Lipinski definition) is 5. The van der Waals surface area contributed by atoms with Crippen molar-refractivity contribution in [2.45, 2.75) is 19.5 Å². The summed E-state index contributed by atoms with van der Waals surface area (Å²) in [6.07, 6.45) is 1.33. The number of hydrogen-bond donors (Lipinski definition) is 1. The Morgan fingerprint density at radius 2 is 2.29 bits per heavy atom. The van der Waals surface area contributed by atoms with Gasteiger partial charge in [0, 0.05) is 27.2 Å². The average molecular weight is 195 g/mol. The van der Waals surface area contributed by atoms with Crippen molar-refractivity contribution in [3.8, 4) is 0 Å². The second-order valence-electron chi connectivity index (χ2n) is 3.86. The summed E-state index contributed by atoms with van der Waals surface area (Å²) in [5, 5.41) is 3.24. The first-order valence-corrected chi connectivity index (χ1v) is 5.02. The molecular formula is C9H17N5. The molecular weight excluding hydrogens is 178 g/mol. The van der Waals surface area contributed by atoms with Gasteiger partial charge in [-0.25, -0.2) is 4.99 Å². The SMILES string of the molecule is CC1N=C(N(C)C)NC2=NCCCN21. The van der Waals surface area contributed by atoms with Gasteiger partial charge in [-0.2, -0.15) is 0 Å². The molecule has 1 unspecified atom stereocenters. The fourth-order valence-corrected chi connectivity index (χ4v) is 1.70. The summed E-state index contributed by atoms with van der Waals surface area (Å²) in [5.41, 5.74) is 0. The third-order valence-electron chi connectivity index (χ3n) is 2.50. The van der Waals surface area contributed by atoms with Gasteiger partial charge in [-0.1, -0.05) is 0 Å². The summed E-state index contributed by atoms with van der Waals surface area (Å²) < 4.78 is 0. The lowest BCUT2D eigenvalue weighted by molar-refractivity contribution is 0.300. The Morgan fingerprint density at radius 3 is 3.00 bits per heavy atom. The zero-order chi connectivity index (χ0) is 10.1. The second-order valence-corrected chi connectivity index (χ2v) is 3.86. The third kappa shape index (κ3) is 1.54. The summed E-state index contributed by atoms with van der Waals surface area (Å²) in [6, 6.07) is 0. The molecule has 0 saturated heterocycles. The van der Waals surface area contributed by atoms with E-state index in [1.807, 2.05) is 19.0 Å². The lowest BCUT2D eigenvalue weighted by atomic mass is 10.3. The number of nitrogens with zero attached hydrogens (tertiary/aromatic N) is 4. The minimum absolute atomic E-state index is 0.202. The standard InChI is InChI=1S/C9H17N5/c1-7-11-9(13(2)3)12-8-10-5-4-6-14(7)8/h7H,4-6H2,1-3H3,(H,10,11,12). The Morgan fingerprint density at radius 1 is 1.50 bits per heavy atom. The second kappa shape index (κ2) is 3.48. The molecule has 1 N–H and O–H groups in total. The monoisotopic (exact) mass is 195 g/mol. The van der Waals surface area contributed by atoms with Crippen LogP contribution >= 0.6 is 0 Å². The van der Waals surface area contributed by atoms with Crippen LogP contribution in [0.5, 0.6) is 0 Å². The van der Waals surface area contributed by atoms with Gasteiger partial charge in [0.1, 0.15) is 6.17 Å². The number of aliphatic imine (C=N–C) groups is 2. The Kier molecular flexibility index (Phi) is 2.31. The number of guanidine groups is 2. The largest absolute Gasteiger partial charge is 0.349 e. The maximum Gasteiger partial charge on any atom is 0.202 e. The molecule has 0 saturated carbocycles. The number of fused-ring (bicyclic) bond motifs is 1. The van der Waals surface area contributed by atoms with Crippen LogP contribution in [-0.2, 0) is 0 Å². The molecule has 2 heterocycles. The van der Waals surface area contributed by atoms with Crippen molar-refractivity contribution in [2.24, 2.45) is 9.98 Å². The zero-order valence-corrected chi connectivity index (χ0v) is 8.99. The van der Waals surface area contributed by atoms with Gasteiger partial charge in [0.15, 0.2) is 0 Å². The van der Waals surface area contributed by atoms with E-state index >= 15 is 0 Å². The Labute approximate surface area is 84.5 Å². The van der Waals surface area contributed by atoms with Crippen molar-refractivity contribution in [2.75, 3.05) is 27.2 Å². The van der Waals surface area contributed by atoms with Gasteiger partial charge in [-0.3, -0.25) is 10.3 Å². The van der Waals surface area contributed by atoms with Crippen LogP contribution in [-0.4, -0.2) is 55.1 Å². The van der Waals surface area contributed by atoms with E-state index < -0.39 is 0 Å². The van der Waals surface area contributed by atoms with E-state index in [0.29, 0.717) is 0 Å². The fourth-order valence-electron chi connectivity index (χ4n) is 1.70. The topological polar surface area (TPSA) is 43.2 Å². The van der Waals surface area contributed by atoms with Crippen molar-refractivity contribution in [3.05, 3.63) is 0 Å². The molecule has 0 fully saturated rings. The summed E-state index contributed by atoms with van der Waals surface area (Å²) in [4.78, 5) is 13.2. The highest BCUT2D eigenvalue weighted by Crippen LogP contribution is 2.11. The normalized spacial score (nSPS) is 25.9. The first kappa shape index (κ1) is 9.30. The van der Waals surface area contributed by atoms with Gasteiger partial charge in [0.2, 0.25) is 11.9 Å². The molecule has 14 heavy (non-hydrogen) atoms. The van der Waals surface area contributed by atoms with E-state index in [0.717, 1.165) is 31.4 Å². The molecule has 2 rings (SSSR count). The van der Waals surface area contributed by atoms with E-state index in [2.05, 4.69) is 27.1 Å². The van der Waals surface area contributed by atoms with E-state index in [-0.39, 0.29) is 6.17 Å². The van der Waals surface area contributed by atoms with E-state index in [4.69, 9.17) is 0 Å². The molecule has 5 nitrogen and oxygen atoms in total. The average Bonchev–Trinajstić information content (AvgIpc) is 2.17. The van der Waals surface area contributed by atoms with Crippen LogP contribution in [0.3, 0.4) is 0 Å². The minimum Gasteiger partial charge on any atom is -0.349 e. The van der Waals surface area contributed by atoms with Gasteiger partial charge in [-0.15, -0.1) is 0 Å². The molecule has 2 aliphatic rings. The molecule has 0 aromatic heterocycles. The van der Waals surface area contributed by atoms with Gasteiger partial charge >= 0.3 is 0 Å². The first-order valence-electron chi connectivity index (χ1n) is 5.02. The highest BCUT2D eigenvalue weighted by molar-refractivity contribution is 6.00. The summed E-state index contributed by atoms with van der Waals surface area (Å²) in [6.45, 7) is 4.08. The lowest BCUT2D eigenvalue weighted by Crippen LogP contribution is -2.57. The molecule has 0 aromatic carbocycles. The zero-order valence-electron chi connectivity index (χ0n) is 8.99. The fraction of sp³-hybridized carbons (Fsp3) is 0.778. The Bertz CT molecular complexity index is 281. The predicted molar refractivity (Wildman–Crippen MR) is 57.3 cm³/mol. The highest BCUT2D eigenvalue weighted by atomic mass is 15.5. The molecule has 0 radical (unpaired) electrons. The molecule has 1 atom stereocenters. The smallest absolute Gasteiger partial charge is 0.202 e. The van der Waals surface area contributed by atoms with Crippen LogP contribution in [0.15, 0.2) is 9.98 Å². The maximum absolute atomic E-state index is 4.54. The van der Waals surface area contributed by atoms with Gasteiger partial charge in [-0.05, 0) is 13.3 Å². The van der Waals surface area contributed by atoms with Crippen molar-refractivity contribution in [1.29, 1.82) is 0 Å². The van der Waals surface area contributed by atoms with Crippen LogP contribution < -0.4 is 5.32 Å². The summed E-state index contributed by atoms with van der Waals surface area (Å²) in [7, 11) is 3.97. The molecule has 0 amide bonds. The Balaban J connectivity index is 2.22. The predicted octanol–water partition coefficient (Wildman–Crippen LogP) is -0.0851.